The summed E-state index contributed by atoms with van der Waals surface area (Å²) in [6.07, 6.45) is 6.20. The molecule has 0 unspecified atom stereocenters. The van der Waals surface area contributed by atoms with Gasteiger partial charge in [-0.1, -0.05) is 0 Å². The number of pyridine rings is 1. The number of thioether (sulfide) groups is 1. The number of nitrogens with zero attached hydrogens (tertiary/aromatic N) is 2. The lowest BCUT2D eigenvalue weighted by Crippen LogP contribution is -2.52. The third kappa shape index (κ3) is 4.50. The van der Waals surface area contributed by atoms with Gasteiger partial charge in [-0.15, -0.1) is 0 Å². The first-order chi connectivity index (χ1) is 11.6. The second-order valence-electron chi connectivity index (χ2n) is 5.65. The van der Waals surface area contributed by atoms with Crippen LogP contribution in [0.3, 0.4) is 0 Å². The van der Waals surface area contributed by atoms with Crippen molar-refractivity contribution in [1.82, 2.24) is 20.5 Å². The average Bonchev–Trinajstić information content (AvgIpc) is 2.57. The van der Waals surface area contributed by atoms with Crippen LogP contribution in [-0.4, -0.2) is 46.4 Å². The van der Waals surface area contributed by atoms with Crippen molar-refractivity contribution in [3.05, 3.63) is 41.4 Å². The van der Waals surface area contributed by atoms with Crippen molar-refractivity contribution in [3.63, 3.8) is 0 Å². The zero-order chi connectivity index (χ0) is 17.5. The molecule has 1 aromatic rings. The lowest BCUT2D eigenvalue weighted by molar-refractivity contribution is -0.128. The zero-order valence-electron chi connectivity index (χ0n) is 14.3. The topological polar surface area (TPSA) is 74.3 Å². The number of hydrogen-bond acceptors (Lipinski definition) is 4. The highest BCUT2D eigenvalue weighted by atomic mass is 32.2. The van der Waals surface area contributed by atoms with Gasteiger partial charge in [0.15, 0.2) is 0 Å². The molecular weight excluding hydrogens is 324 g/mol. The molecule has 0 saturated heterocycles. The van der Waals surface area contributed by atoms with Gasteiger partial charge in [-0.25, -0.2) is 4.79 Å². The van der Waals surface area contributed by atoms with Gasteiger partial charge < -0.3 is 15.5 Å². The minimum atomic E-state index is -0.245. The smallest absolute Gasteiger partial charge is 0.319 e. The van der Waals surface area contributed by atoms with Crippen molar-refractivity contribution >= 4 is 23.7 Å². The van der Waals surface area contributed by atoms with Crippen LogP contribution in [0.15, 0.2) is 35.8 Å². The van der Waals surface area contributed by atoms with Gasteiger partial charge in [0.2, 0.25) is 0 Å². The minimum absolute atomic E-state index is 0.0367. The van der Waals surface area contributed by atoms with Gasteiger partial charge in [0.25, 0.3) is 5.91 Å². The molecule has 130 valence electrons. The van der Waals surface area contributed by atoms with E-state index in [1.807, 2.05) is 25.3 Å². The van der Waals surface area contributed by atoms with E-state index in [0.29, 0.717) is 24.4 Å². The monoisotopic (exact) mass is 348 g/mol. The highest BCUT2D eigenvalue weighted by Gasteiger charge is 2.31. The molecule has 1 atom stereocenters. The Morgan fingerprint density at radius 2 is 2.08 bits per heavy atom. The standard InChI is InChI=1S/C17H24N4O2S/c1-4-21(11-13-5-8-18-9-6-13)16(22)15-12(2)19-17(23)20-14(15)7-10-24-3/h5-6,8-9,14H,4,7,10-11H2,1-3H3,(H2,19,20,23)/t14-/m1/s1. The van der Waals surface area contributed by atoms with Gasteiger partial charge in [0.1, 0.15) is 0 Å². The van der Waals surface area contributed by atoms with Crippen LogP contribution < -0.4 is 10.6 Å². The maximum absolute atomic E-state index is 13.1. The normalized spacial score (nSPS) is 17.3. The van der Waals surface area contributed by atoms with E-state index >= 15 is 0 Å². The fraction of sp³-hybridized carbons (Fsp3) is 0.471. The summed E-state index contributed by atoms with van der Waals surface area (Å²) in [5.41, 5.74) is 2.33. The van der Waals surface area contributed by atoms with Crippen LogP contribution in [0, 0.1) is 0 Å². The molecule has 1 aromatic heterocycles. The SMILES string of the molecule is CCN(Cc1ccncc1)C(=O)C1=C(C)NC(=O)N[C@@H]1CCSC. The molecular formula is C17H24N4O2S. The van der Waals surface area contributed by atoms with E-state index in [2.05, 4.69) is 15.6 Å². The molecule has 1 aliphatic heterocycles. The summed E-state index contributed by atoms with van der Waals surface area (Å²) in [6.45, 7) is 4.87. The second kappa shape index (κ2) is 8.73. The number of nitrogens with one attached hydrogen (secondary N) is 2. The van der Waals surface area contributed by atoms with Crippen LogP contribution in [0.4, 0.5) is 4.79 Å². The van der Waals surface area contributed by atoms with Crippen LogP contribution in [0.25, 0.3) is 0 Å². The van der Waals surface area contributed by atoms with Gasteiger partial charge in [-0.2, -0.15) is 11.8 Å². The van der Waals surface area contributed by atoms with Crippen molar-refractivity contribution in [2.75, 3.05) is 18.6 Å². The summed E-state index contributed by atoms with van der Waals surface area (Å²) < 4.78 is 0. The Kier molecular flexibility index (Phi) is 6.66. The van der Waals surface area contributed by atoms with Gasteiger partial charge in [-0.05, 0) is 50.0 Å². The molecule has 7 heteroatoms. The highest BCUT2D eigenvalue weighted by molar-refractivity contribution is 7.98. The average molecular weight is 348 g/mol. The van der Waals surface area contributed by atoms with Crippen LogP contribution in [0.5, 0.6) is 0 Å². The van der Waals surface area contributed by atoms with Crippen LogP contribution in [0.2, 0.25) is 0 Å². The summed E-state index contributed by atoms with van der Waals surface area (Å²) in [6, 6.07) is 3.32. The zero-order valence-corrected chi connectivity index (χ0v) is 15.2. The number of urea groups is 1. The van der Waals surface area contributed by atoms with E-state index in [1.165, 1.54) is 0 Å². The summed E-state index contributed by atoms with van der Waals surface area (Å²) in [5.74, 6) is 0.844. The van der Waals surface area contributed by atoms with Gasteiger partial charge >= 0.3 is 6.03 Å². The van der Waals surface area contributed by atoms with E-state index in [0.717, 1.165) is 17.7 Å². The van der Waals surface area contributed by atoms with Gasteiger partial charge in [-0.3, -0.25) is 9.78 Å². The lowest BCUT2D eigenvalue weighted by Gasteiger charge is -2.31. The van der Waals surface area contributed by atoms with E-state index in [4.69, 9.17) is 0 Å². The summed E-state index contributed by atoms with van der Waals surface area (Å²) in [4.78, 5) is 30.6. The molecule has 0 aromatic carbocycles. The molecule has 2 rings (SSSR count). The maximum Gasteiger partial charge on any atom is 0.319 e. The predicted octanol–water partition coefficient (Wildman–Crippen LogP) is 2.14. The molecule has 1 aliphatic rings. The molecule has 0 saturated carbocycles. The van der Waals surface area contributed by atoms with Gasteiger partial charge in [0, 0.05) is 31.2 Å². The first-order valence-electron chi connectivity index (χ1n) is 8.02. The molecule has 2 N–H and O–H groups in total. The molecule has 2 heterocycles. The molecule has 6 nitrogen and oxygen atoms in total. The van der Waals surface area contributed by atoms with E-state index in [1.54, 1.807) is 36.0 Å². The van der Waals surface area contributed by atoms with Crippen molar-refractivity contribution in [2.24, 2.45) is 0 Å². The van der Waals surface area contributed by atoms with Crippen LogP contribution >= 0.6 is 11.8 Å². The van der Waals surface area contributed by atoms with Gasteiger partial charge in [0.05, 0.1) is 11.6 Å². The first-order valence-corrected chi connectivity index (χ1v) is 9.41. The summed E-state index contributed by atoms with van der Waals surface area (Å²) >= 11 is 1.70. The number of allylic oxidation sites excluding steroid dienone is 1. The van der Waals surface area contributed by atoms with Crippen molar-refractivity contribution in [3.8, 4) is 0 Å². The lowest BCUT2D eigenvalue weighted by atomic mass is 9.99. The predicted molar refractivity (Wildman–Crippen MR) is 96.5 cm³/mol. The van der Waals surface area contributed by atoms with Crippen molar-refractivity contribution in [1.29, 1.82) is 0 Å². The Bertz CT molecular complexity index is 618. The van der Waals surface area contributed by atoms with Crippen LogP contribution in [-0.2, 0) is 11.3 Å². The summed E-state index contributed by atoms with van der Waals surface area (Å²) in [5, 5.41) is 5.60. The van der Waals surface area contributed by atoms with E-state index in [9.17, 15) is 9.59 Å². The van der Waals surface area contributed by atoms with E-state index < -0.39 is 0 Å². The minimum Gasteiger partial charge on any atom is -0.335 e. The number of amides is 3. The third-order valence-electron chi connectivity index (χ3n) is 3.99. The fourth-order valence-corrected chi connectivity index (χ4v) is 3.20. The molecule has 0 radical (unpaired) electrons. The quantitative estimate of drug-likeness (QED) is 0.792. The molecule has 24 heavy (non-hydrogen) atoms. The number of carbonyl (C=O) groups excluding carboxylic acids is 2. The number of hydrogen-bond donors (Lipinski definition) is 2. The van der Waals surface area contributed by atoms with E-state index in [-0.39, 0.29) is 18.0 Å². The Balaban J connectivity index is 2.22. The fourth-order valence-electron chi connectivity index (χ4n) is 2.73. The Morgan fingerprint density at radius 1 is 1.38 bits per heavy atom. The number of carbonyl (C=O) groups is 2. The van der Waals surface area contributed by atoms with Crippen molar-refractivity contribution < 1.29 is 9.59 Å². The number of likely N-dealkylation sites (N-methyl/N-ethyl adjacent to an activating group) is 1. The Morgan fingerprint density at radius 3 is 2.71 bits per heavy atom. The molecule has 0 spiro atoms. The Hall–Kier alpha value is -2.02. The molecule has 3 amide bonds. The van der Waals surface area contributed by atoms with Crippen LogP contribution in [0.1, 0.15) is 25.8 Å². The largest absolute Gasteiger partial charge is 0.335 e. The Labute approximate surface area is 147 Å². The number of aromatic nitrogens is 1. The highest BCUT2D eigenvalue weighted by Crippen LogP contribution is 2.20. The molecule has 0 aliphatic carbocycles. The second-order valence-corrected chi connectivity index (χ2v) is 6.63. The maximum atomic E-state index is 13.1. The number of rotatable bonds is 7. The molecule has 0 fully saturated rings. The first kappa shape index (κ1) is 18.3. The summed E-state index contributed by atoms with van der Waals surface area (Å²) in [7, 11) is 0. The molecule has 0 bridgehead atoms. The third-order valence-corrected chi connectivity index (χ3v) is 4.64. The van der Waals surface area contributed by atoms with Crippen molar-refractivity contribution in [2.45, 2.75) is 32.9 Å².